The molecule has 1 aromatic heterocycles. The largest absolute Gasteiger partial charge is 0.406 e. The van der Waals surface area contributed by atoms with Crippen molar-refractivity contribution in [1.82, 2.24) is 15.0 Å². The molecular weight excluding hydrogens is 316 g/mol. The summed E-state index contributed by atoms with van der Waals surface area (Å²) >= 11 is 0. The van der Waals surface area contributed by atoms with Crippen molar-refractivity contribution in [1.29, 1.82) is 0 Å². The molecule has 0 fully saturated rings. The van der Waals surface area contributed by atoms with Gasteiger partial charge in [-0.15, -0.1) is 5.10 Å². The Labute approximate surface area is 128 Å². The van der Waals surface area contributed by atoms with Crippen LogP contribution in [0.25, 0.3) is 0 Å². The average molecular weight is 328 g/mol. The number of nitrogens with zero attached hydrogens (tertiary/aromatic N) is 4. The fourth-order valence-electron chi connectivity index (χ4n) is 2.72. The fourth-order valence-corrected chi connectivity index (χ4v) is 2.72. The molecule has 1 aliphatic heterocycles. The SMILES string of the molecule is O=C1C(n2ccnn2)CCc2c(F)cccc2N1CC(F)(F)F. The lowest BCUT2D eigenvalue weighted by molar-refractivity contribution is -0.134. The first-order valence-electron chi connectivity index (χ1n) is 6.88. The average Bonchev–Trinajstić information content (AvgIpc) is 2.95. The minimum Gasteiger partial charge on any atom is -0.301 e. The zero-order valence-corrected chi connectivity index (χ0v) is 11.8. The third-order valence-corrected chi connectivity index (χ3v) is 3.70. The second-order valence-electron chi connectivity index (χ2n) is 5.21. The predicted molar refractivity (Wildman–Crippen MR) is 72.2 cm³/mol. The van der Waals surface area contributed by atoms with E-state index in [-0.39, 0.29) is 24.1 Å². The van der Waals surface area contributed by atoms with Crippen LogP contribution in [0.15, 0.2) is 30.6 Å². The van der Waals surface area contributed by atoms with Crippen molar-refractivity contribution in [2.75, 3.05) is 11.4 Å². The Morgan fingerprint density at radius 1 is 1.30 bits per heavy atom. The molecule has 1 unspecified atom stereocenters. The van der Waals surface area contributed by atoms with Gasteiger partial charge in [0.05, 0.1) is 11.9 Å². The Kier molecular flexibility index (Phi) is 3.78. The summed E-state index contributed by atoms with van der Waals surface area (Å²) in [4.78, 5) is 13.2. The van der Waals surface area contributed by atoms with Gasteiger partial charge in [-0.05, 0) is 25.0 Å². The Morgan fingerprint density at radius 3 is 2.74 bits per heavy atom. The van der Waals surface area contributed by atoms with E-state index in [0.717, 1.165) is 0 Å². The molecule has 3 rings (SSSR count). The minimum atomic E-state index is -4.60. The quantitative estimate of drug-likeness (QED) is 0.796. The molecule has 23 heavy (non-hydrogen) atoms. The van der Waals surface area contributed by atoms with Crippen molar-refractivity contribution < 1.29 is 22.4 Å². The second-order valence-corrected chi connectivity index (χ2v) is 5.21. The van der Waals surface area contributed by atoms with Crippen LogP contribution in [-0.4, -0.2) is 33.6 Å². The van der Waals surface area contributed by atoms with Crippen LogP contribution in [0.4, 0.5) is 23.2 Å². The van der Waals surface area contributed by atoms with Gasteiger partial charge < -0.3 is 4.90 Å². The fraction of sp³-hybridized carbons (Fsp3) is 0.357. The monoisotopic (exact) mass is 328 g/mol. The van der Waals surface area contributed by atoms with E-state index >= 15 is 0 Å². The maximum atomic E-state index is 14.0. The van der Waals surface area contributed by atoms with Crippen LogP contribution in [0, 0.1) is 5.82 Å². The number of rotatable bonds is 2. The van der Waals surface area contributed by atoms with E-state index in [2.05, 4.69) is 10.3 Å². The van der Waals surface area contributed by atoms with Crippen LogP contribution < -0.4 is 4.90 Å². The molecule has 1 aliphatic rings. The summed E-state index contributed by atoms with van der Waals surface area (Å²) in [5.41, 5.74) is 0.0580. The summed E-state index contributed by atoms with van der Waals surface area (Å²) < 4.78 is 53.9. The third-order valence-electron chi connectivity index (χ3n) is 3.70. The van der Waals surface area contributed by atoms with E-state index < -0.39 is 30.5 Å². The zero-order valence-electron chi connectivity index (χ0n) is 11.8. The lowest BCUT2D eigenvalue weighted by Gasteiger charge is -2.26. The van der Waals surface area contributed by atoms with E-state index in [4.69, 9.17) is 0 Å². The molecule has 0 aliphatic carbocycles. The van der Waals surface area contributed by atoms with Gasteiger partial charge in [0.25, 0.3) is 5.91 Å². The van der Waals surface area contributed by atoms with E-state index in [1.54, 1.807) is 0 Å². The molecule has 0 saturated carbocycles. The number of fused-ring (bicyclic) bond motifs is 1. The molecule has 5 nitrogen and oxygen atoms in total. The Hall–Kier alpha value is -2.45. The number of hydrogen-bond donors (Lipinski definition) is 0. The number of amides is 1. The summed E-state index contributed by atoms with van der Waals surface area (Å²) in [6.07, 6.45) is -1.59. The first-order chi connectivity index (χ1) is 10.9. The standard InChI is InChI=1S/C14H12F4N4O/c15-10-2-1-3-11-9(10)4-5-12(22-7-6-19-20-22)13(23)21(11)8-14(16,17)18/h1-3,6-7,12H,4-5,8H2. The van der Waals surface area contributed by atoms with Crippen LogP contribution in [0.1, 0.15) is 18.0 Å². The first-order valence-corrected chi connectivity index (χ1v) is 6.88. The third kappa shape index (κ3) is 3.03. The number of aromatic nitrogens is 3. The zero-order chi connectivity index (χ0) is 16.6. The molecule has 0 N–H and O–H groups in total. The molecular formula is C14H12F4N4O. The number of carbonyl (C=O) groups excluding carboxylic acids is 1. The lowest BCUT2D eigenvalue weighted by atomic mass is 10.1. The summed E-state index contributed by atoms with van der Waals surface area (Å²) in [6.45, 7) is -1.48. The van der Waals surface area contributed by atoms with Crippen LogP contribution in [-0.2, 0) is 11.2 Å². The summed E-state index contributed by atoms with van der Waals surface area (Å²) in [7, 11) is 0. The molecule has 0 bridgehead atoms. The molecule has 122 valence electrons. The number of halogens is 4. The number of anilines is 1. The Balaban J connectivity index is 2.07. The van der Waals surface area contributed by atoms with Gasteiger partial charge in [0.15, 0.2) is 0 Å². The van der Waals surface area contributed by atoms with Crippen molar-refractivity contribution >= 4 is 11.6 Å². The number of carbonyl (C=O) groups is 1. The minimum absolute atomic E-state index is 0.0464. The van der Waals surface area contributed by atoms with Gasteiger partial charge in [-0.1, -0.05) is 11.3 Å². The lowest BCUT2D eigenvalue weighted by Crippen LogP contribution is -2.42. The molecule has 1 aromatic carbocycles. The highest BCUT2D eigenvalue weighted by Gasteiger charge is 2.39. The molecule has 0 saturated heterocycles. The number of hydrogen-bond acceptors (Lipinski definition) is 3. The van der Waals surface area contributed by atoms with Crippen LogP contribution in [0.2, 0.25) is 0 Å². The number of benzene rings is 1. The second kappa shape index (κ2) is 5.64. The maximum absolute atomic E-state index is 14.0. The van der Waals surface area contributed by atoms with Crippen molar-refractivity contribution in [3.8, 4) is 0 Å². The van der Waals surface area contributed by atoms with Gasteiger partial charge in [0.2, 0.25) is 0 Å². The smallest absolute Gasteiger partial charge is 0.301 e. The molecule has 1 amide bonds. The van der Waals surface area contributed by atoms with E-state index in [1.165, 1.54) is 35.3 Å². The summed E-state index contributed by atoms with van der Waals surface area (Å²) in [5.74, 6) is -1.40. The molecule has 2 heterocycles. The van der Waals surface area contributed by atoms with Crippen LogP contribution in [0.3, 0.4) is 0 Å². The molecule has 0 spiro atoms. The van der Waals surface area contributed by atoms with Gasteiger partial charge in [0.1, 0.15) is 18.4 Å². The molecule has 0 radical (unpaired) electrons. The van der Waals surface area contributed by atoms with E-state index in [0.29, 0.717) is 4.90 Å². The molecule has 9 heteroatoms. The van der Waals surface area contributed by atoms with Crippen molar-refractivity contribution in [3.63, 3.8) is 0 Å². The van der Waals surface area contributed by atoms with Crippen molar-refractivity contribution in [2.24, 2.45) is 0 Å². The van der Waals surface area contributed by atoms with Crippen molar-refractivity contribution in [3.05, 3.63) is 42.0 Å². The van der Waals surface area contributed by atoms with Crippen molar-refractivity contribution in [2.45, 2.75) is 25.1 Å². The van der Waals surface area contributed by atoms with Gasteiger partial charge in [-0.25, -0.2) is 9.07 Å². The normalized spacial score (nSPS) is 18.7. The molecule has 2 aromatic rings. The highest BCUT2D eigenvalue weighted by molar-refractivity contribution is 5.97. The summed E-state index contributed by atoms with van der Waals surface area (Å²) in [6, 6.07) is 2.84. The van der Waals surface area contributed by atoms with E-state index in [1.807, 2.05) is 0 Å². The van der Waals surface area contributed by atoms with Gasteiger partial charge >= 0.3 is 6.18 Å². The van der Waals surface area contributed by atoms with Gasteiger partial charge in [-0.3, -0.25) is 4.79 Å². The highest BCUT2D eigenvalue weighted by Crippen LogP contribution is 2.34. The van der Waals surface area contributed by atoms with Crippen LogP contribution in [0.5, 0.6) is 0 Å². The predicted octanol–water partition coefficient (Wildman–Crippen LogP) is 2.50. The maximum Gasteiger partial charge on any atom is 0.406 e. The van der Waals surface area contributed by atoms with Crippen LogP contribution >= 0.6 is 0 Å². The van der Waals surface area contributed by atoms with Gasteiger partial charge in [-0.2, -0.15) is 13.2 Å². The highest BCUT2D eigenvalue weighted by atomic mass is 19.4. The van der Waals surface area contributed by atoms with Gasteiger partial charge in [0, 0.05) is 11.8 Å². The number of alkyl halides is 3. The topological polar surface area (TPSA) is 51.0 Å². The van der Waals surface area contributed by atoms with E-state index in [9.17, 15) is 22.4 Å². The summed E-state index contributed by atoms with van der Waals surface area (Å²) in [5, 5.41) is 7.27. The molecule has 1 atom stereocenters. The Bertz CT molecular complexity index is 714. The first kappa shape index (κ1) is 15.4. The Morgan fingerprint density at radius 2 is 2.09 bits per heavy atom.